The third-order valence-electron chi connectivity index (χ3n) is 6.52. The van der Waals surface area contributed by atoms with Crippen molar-refractivity contribution in [3.8, 4) is 11.4 Å². The number of ether oxygens (including phenoxy) is 2. The highest BCUT2D eigenvalue weighted by molar-refractivity contribution is 6.08. The molecule has 0 saturated carbocycles. The largest absolute Gasteiger partial charge is 0.497 e. The van der Waals surface area contributed by atoms with E-state index in [0.29, 0.717) is 25.3 Å². The van der Waals surface area contributed by atoms with Crippen LogP contribution in [0.2, 0.25) is 0 Å². The number of para-hydroxylation sites is 1. The van der Waals surface area contributed by atoms with Gasteiger partial charge in [-0.15, -0.1) is 0 Å². The first-order valence-corrected chi connectivity index (χ1v) is 12.9. The number of fused-ring (bicyclic) bond motifs is 1. The number of anilines is 1. The molecule has 3 amide bonds. The van der Waals surface area contributed by atoms with Crippen LogP contribution in [-0.4, -0.2) is 68.0 Å². The molecule has 0 saturated heterocycles. The average Bonchev–Trinajstić information content (AvgIpc) is 3.37. The van der Waals surface area contributed by atoms with Gasteiger partial charge in [0.15, 0.2) is 5.69 Å². The quantitative estimate of drug-likeness (QED) is 0.340. The Morgan fingerprint density at radius 3 is 2.49 bits per heavy atom. The normalized spacial score (nSPS) is 13.1. The summed E-state index contributed by atoms with van der Waals surface area (Å²) in [4.78, 5) is 40.2. The highest BCUT2D eigenvalue weighted by atomic mass is 19.4. The van der Waals surface area contributed by atoms with E-state index in [1.807, 2.05) is 0 Å². The number of nitrogens with zero attached hydrogens (tertiary/aromatic N) is 3. The van der Waals surface area contributed by atoms with Gasteiger partial charge in [0.2, 0.25) is 5.91 Å². The van der Waals surface area contributed by atoms with Crippen LogP contribution in [0.5, 0.6) is 5.75 Å². The number of methoxy groups -OCH3 is 2. The molecule has 0 spiro atoms. The molecule has 0 radical (unpaired) electrons. The van der Waals surface area contributed by atoms with Crippen molar-refractivity contribution in [1.82, 2.24) is 20.4 Å². The van der Waals surface area contributed by atoms with Crippen molar-refractivity contribution >= 4 is 23.4 Å². The van der Waals surface area contributed by atoms with Gasteiger partial charge in [-0.1, -0.05) is 18.2 Å². The molecule has 3 aromatic rings. The standard InChI is InChI=1S/C28H30F3N5O5/c1-40-16-14-32-23(37)9-6-13-33-26(38)21-17-19(41-2)10-11-22(21)36-24-20(25(34-36)28(29,30)31)12-15-35(27(24)39)18-7-4-3-5-8-18/h3-5,7-8,10-11,17H,6,9,12-16H2,1-2H3,(H,32,37)(H,33,38). The maximum atomic E-state index is 14.1. The molecular formula is C28H30F3N5O5. The second-order valence-electron chi connectivity index (χ2n) is 9.21. The van der Waals surface area contributed by atoms with E-state index in [9.17, 15) is 27.6 Å². The lowest BCUT2D eigenvalue weighted by Crippen LogP contribution is -2.39. The second-order valence-corrected chi connectivity index (χ2v) is 9.21. The summed E-state index contributed by atoms with van der Waals surface area (Å²) < 4.78 is 53.2. The van der Waals surface area contributed by atoms with Gasteiger partial charge in [0.25, 0.3) is 11.8 Å². The predicted octanol–water partition coefficient (Wildman–Crippen LogP) is 3.38. The minimum absolute atomic E-state index is 0.0179. The van der Waals surface area contributed by atoms with Crippen LogP contribution in [-0.2, 0) is 22.1 Å². The van der Waals surface area contributed by atoms with Gasteiger partial charge in [0.1, 0.15) is 11.4 Å². The van der Waals surface area contributed by atoms with Crippen LogP contribution in [0.4, 0.5) is 18.9 Å². The van der Waals surface area contributed by atoms with Crippen LogP contribution in [0.25, 0.3) is 5.69 Å². The van der Waals surface area contributed by atoms with Gasteiger partial charge in [0, 0.05) is 44.4 Å². The van der Waals surface area contributed by atoms with Gasteiger partial charge >= 0.3 is 6.18 Å². The molecule has 13 heteroatoms. The van der Waals surface area contributed by atoms with E-state index in [-0.39, 0.29) is 60.1 Å². The summed E-state index contributed by atoms with van der Waals surface area (Å²) in [6, 6.07) is 12.8. The summed E-state index contributed by atoms with van der Waals surface area (Å²) in [6.45, 7) is 0.905. The van der Waals surface area contributed by atoms with Gasteiger partial charge in [-0.25, -0.2) is 4.68 Å². The van der Waals surface area contributed by atoms with Gasteiger partial charge in [-0.2, -0.15) is 18.3 Å². The Morgan fingerprint density at radius 2 is 1.80 bits per heavy atom. The number of rotatable bonds is 11. The molecule has 2 N–H and O–H groups in total. The maximum Gasteiger partial charge on any atom is 0.435 e. The van der Waals surface area contributed by atoms with Crippen molar-refractivity contribution in [2.45, 2.75) is 25.4 Å². The number of nitrogens with one attached hydrogen (secondary N) is 2. The zero-order valence-electron chi connectivity index (χ0n) is 22.6. The number of amides is 3. The van der Waals surface area contributed by atoms with Crippen molar-refractivity contribution < 1.29 is 37.0 Å². The SMILES string of the molecule is COCCNC(=O)CCCNC(=O)c1cc(OC)ccc1-n1nc(C(F)(F)F)c2c1C(=O)N(c1ccccc1)CC2. The van der Waals surface area contributed by atoms with Crippen molar-refractivity contribution in [2.75, 3.05) is 45.4 Å². The average molecular weight is 574 g/mol. The van der Waals surface area contributed by atoms with Crippen LogP contribution in [0.1, 0.15) is 44.9 Å². The molecule has 41 heavy (non-hydrogen) atoms. The molecule has 0 unspecified atom stereocenters. The molecular weight excluding hydrogens is 543 g/mol. The third-order valence-corrected chi connectivity index (χ3v) is 6.52. The summed E-state index contributed by atoms with van der Waals surface area (Å²) in [7, 11) is 2.91. The zero-order chi connectivity index (χ0) is 29.6. The van der Waals surface area contributed by atoms with Gasteiger partial charge in [-0.3, -0.25) is 14.4 Å². The Hall–Kier alpha value is -4.39. The van der Waals surface area contributed by atoms with Crippen LogP contribution >= 0.6 is 0 Å². The van der Waals surface area contributed by atoms with Crippen LogP contribution in [0, 0.1) is 0 Å². The lowest BCUT2D eigenvalue weighted by molar-refractivity contribution is -0.142. The Bertz CT molecular complexity index is 1410. The third kappa shape index (κ3) is 6.68. The van der Waals surface area contributed by atoms with Crippen LogP contribution in [0.3, 0.4) is 0 Å². The Balaban J connectivity index is 1.66. The van der Waals surface area contributed by atoms with Crippen LogP contribution < -0.4 is 20.3 Å². The summed E-state index contributed by atoms with van der Waals surface area (Å²) in [5, 5.41) is 9.19. The molecule has 0 fully saturated rings. The minimum Gasteiger partial charge on any atom is -0.497 e. The molecule has 1 aliphatic heterocycles. The molecule has 2 aromatic carbocycles. The summed E-state index contributed by atoms with van der Waals surface area (Å²) in [6.07, 6.45) is -4.41. The molecule has 10 nitrogen and oxygen atoms in total. The van der Waals surface area contributed by atoms with E-state index in [0.717, 1.165) is 4.68 Å². The first-order valence-electron chi connectivity index (χ1n) is 12.9. The fraction of sp³-hybridized carbons (Fsp3) is 0.357. The summed E-state index contributed by atoms with van der Waals surface area (Å²) in [5.74, 6) is -1.21. The van der Waals surface area contributed by atoms with Crippen molar-refractivity contribution in [3.63, 3.8) is 0 Å². The number of hydrogen-bond donors (Lipinski definition) is 2. The molecule has 1 aromatic heterocycles. The predicted molar refractivity (Wildman–Crippen MR) is 143 cm³/mol. The number of carbonyl (C=O) groups is 3. The molecule has 0 aliphatic carbocycles. The van der Waals surface area contributed by atoms with E-state index in [2.05, 4.69) is 15.7 Å². The van der Waals surface area contributed by atoms with Gasteiger partial charge in [0.05, 0.1) is 25.0 Å². The molecule has 0 atom stereocenters. The number of alkyl halides is 3. The van der Waals surface area contributed by atoms with E-state index < -0.39 is 23.7 Å². The Labute approximate surface area is 234 Å². The van der Waals surface area contributed by atoms with Crippen LogP contribution in [0.15, 0.2) is 48.5 Å². The number of hydrogen-bond acceptors (Lipinski definition) is 6. The van der Waals surface area contributed by atoms with E-state index in [1.165, 1.54) is 37.3 Å². The molecule has 0 bridgehead atoms. The number of aromatic nitrogens is 2. The smallest absolute Gasteiger partial charge is 0.435 e. The highest BCUT2D eigenvalue weighted by Crippen LogP contribution is 2.37. The van der Waals surface area contributed by atoms with Crippen molar-refractivity contribution in [1.29, 1.82) is 0 Å². The van der Waals surface area contributed by atoms with Crippen molar-refractivity contribution in [3.05, 3.63) is 71.0 Å². The fourth-order valence-electron chi connectivity index (χ4n) is 4.55. The maximum absolute atomic E-state index is 14.1. The Kier molecular flexibility index (Phi) is 9.28. The molecule has 218 valence electrons. The topological polar surface area (TPSA) is 115 Å². The molecule has 1 aliphatic rings. The monoisotopic (exact) mass is 573 g/mol. The number of halogens is 3. The lowest BCUT2D eigenvalue weighted by atomic mass is 10.0. The van der Waals surface area contributed by atoms with E-state index >= 15 is 0 Å². The first-order chi connectivity index (χ1) is 19.7. The summed E-state index contributed by atoms with van der Waals surface area (Å²) in [5.41, 5.74) is -1.19. The van der Waals surface area contributed by atoms with E-state index in [1.54, 1.807) is 30.3 Å². The number of carbonyl (C=O) groups excluding carboxylic acids is 3. The van der Waals surface area contributed by atoms with E-state index in [4.69, 9.17) is 9.47 Å². The first kappa shape index (κ1) is 29.6. The van der Waals surface area contributed by atoms with Crippen molar-refractivity contribution in [2.24, 2.45) is 0 Å². The number of benzene rings is 2. The summed E-state index contributed by atoms with van der Waals surface area (Å²) >= 11 is 0. The van der Waals surface area contributed by atoms with Gasteiger partial charge < -0.3 is 25.0 Å². The Morgan fingerprint density at radius 1 is 1.05 bits per heavy atom. The molecule has 4 rings (SSSR count). The zero-order valence-corrected chi connectivity index (χ0v) is 22.6. The molecule has 2 heterocycles. The highest BCUT2D eigenvalue weighted by Gasteiger charge is 2.43. The van der Waals surface area contributed by atoms with Gasteiger partial charge in [-0.05, 0) is 43.2 Å². The fourth-order valence-corrected chi connectivity index (χ4v) is 4.55. The lowest BCUT2D eigenvalue weighted by Gasteiger charge is -2.28. The minimum atomic E-state index is -4.82. The second kappa shape index (κ2) is 12.9.